The zero-order valence-corrected chi connectivity index (χ0v) is 10.8. The van der Waals surface area contributed by atoms with Crippen LogP contribution in [0.15, 0.2) is 18.3 Å². The van der Waals surface area contributed by atoms with Crippen LogP contribution in [0.25, 0.3) is 0 Å². The van der Waals surface area contributed by atoms with Crippen LogP contribution >= 0.6 is 0 Å². The van der Waals surface area contributed by atoms with E-state index in [1.165, 1.54) is 0 Å². The van der Waals surface area contributed by atoms with E-state index in [-0.39, 0.29) is 12.1 Å². The van der Waals surface area contributed by atoms with Crippen LogP contribution in [0.1, 0.15) is 31.4 Å². The van der Waals surface area contributed by atoms with Crippen molar-refractivity contribution in [1.82, 2.24) is 4.98 Å². The van der Waals surface area contributed by atoms with E-state index >= 15 is 0 Å². The van der Waals surface area contributed by atoms with Crippen molar-refractivity contribution in [2.45, 2.75) is 38.0 Å². The van der Waals surface area contributed by atoms with E-state index < -0.39 is 0 Å². The molecule has 0 aromatic carbocycles. The maximum absolute atomic E-state index is 6.21. The van der Waals surface area contributed by atoms with Gasteiger partial charge in [-0.25, -0.2) is 4.98 Å². The summed E-state index contributed by atoms with van der Waals surface area (Å²) in [5.41, 5.74) is 7.26. The highest BCUT2D eigenvalue weighted by Gasteiger charge is 2.28. The molecule has 1 aromatic rings. The molecule has 1 aromatic heterocycles. The molecule has 94 valence electrons. The number of ether oxygens (including phenoxy) is 1. The molecule has 0 spiro atoms. The highest BCUT2D eigenvalue weighted by molar-refractivity contribution is 5.37. The number of nitrogens with zero attached hydrogens (tertiary/aromatic N) is 2. The molecule has 2 rings (SSSR count). The summed E-state index contributed by atoms with van der Waals surface area (Å²) in [6.07, 6.45) is 4.46. The average molecular weight is 235 g/mol. The fourth-order valence-corrected chi connectivity index (χ4v) is 2.17. The summed E-state index contributed by atoms with van der Waals surface area (Å²) in [5, 5.41) is 0. The van der Waals surface area contributed by atoms with Crippen molar-refractivity contribution in [2.24, 2.45) is 5.73 Å². The number of hydrogen-bond donors (Lipinski definition) is 1. The molecule has 3 atom stereocenters. The van der Waals surface area contributed by atoms with Gasteiger partial charge in [-0.1, -0.05) is 6.07 Å². The van der Waals surface area contributed by atoms with Gasteiger partial charge in [0.2, 0.25) is 0 Å². The first-order chi connectivity index (χ1) is 8.08. The lowest BCUT2D eigenvalue weighted by Gasteiger charge is -2.20. The first-order valence-electron chi connectivity index (χ1n) is 6.12. The normalized spacial score (nSPS) is 25.9. The first-order valence-corrected chi connectivity index (χ1v) is 6.12. The quantitative estimate of drug-likeness (QED) is 0.866. The minimum absolute atomic E-state index is 0.0661. The van der Waals surface area contributed by atoms with Crippen molar-refractivity contribution in [3.05, 3.63) is 23.9 Å². The Kier molecular flexibility index (Phi) is 3.64. The van der Waals surface area contributed by atoms with Gasteiger partial charge in [-0.3, -0.25) is 0 Å². The minimum Gasteiger partial charge on any atom is -0.373 e. The van der Waals surface area contributed by atoms with E-state index in [9.17, 15) is 0 Å². The van der Waals surface area contributed by atoms with Gasteiger partial charge in [0.15, 0.2) is 0 Å². The second-order valence-electron chi connectivity index (χ2n) is 4.93. The van der Waals surface area contributed by atoms with E-state index in [2.05, 4.69) is 11.9 Å². The Labute approximate surface area is 103 Å². The number of anilines is 1. The fourth-order valence-electron chi connectivity index (χ4n) is 2.17. The molecule has 1 aliphatic rings. The van der Waals surface area contributed by atoms with Crippen molar-refractivity contribution >= 4 is 5.82 Å². The third kappa shape index (κ3) is 2.76. The standard InChI is InChI=1S/C13H21N3O/c1-9-4-6-11(17-9)13(14)10-5-7-12(15-8-10)16(2)3/h5,7-9,11,13H,4,6,14H2,1-3H3. The summed E-state index contributed by atoms with van der Waals surface area (Å²) in [6.45, 7) is 2.10. The van der Waals surface area contributed by atoms with Gasteiger partial charge in [0.05, 0.1) is 18.2 Å². The molecule has 3 unspecified atom stereocenters. The van der Waals surface area contributed by atoms with E-state index in [4.69, 9.17) is 10.5 Å². The van der Waals surface area contributed by atoms with Crippen LogP contribution in [0.3, 0.4) is 0 Å². The van der Waals surface area contributed by atoms with Crippen LogP contribution in [-0.4, -0.2) is 31.3 Å². The van der Waals surface area contributed by atoms with Crippen molar-refractivity contribution in [1.29, 1.82) is 0 Å². The SMILES string of the molecule is CC1CCC(C(N)c2ccc(N(C)C)nc2)O1. The molecule has 1 saturated heterocycles. The lowest BCUT2D eigenvalue weighted by atomic mass is 10.0. The third-order valence-corrected chi connectivity index (χ3v) is 3.28. The maximum atomic E-state index is 6.21. The van der Waals surface area contributed by atoms with Crippen LogP contribution in [0.2, 0.25) is 0 Å². The summed E-state index contributed by atoms with van der Waals surface area (Å²) < 4.78 is 5.79. The second kappa shape index (κ2) is 5.02. The van der Waals surface area contributed by atoms with Crippen LogP contribution in [0.4, 0.5) is 5.82 Å². The highest BCUT2D eigenvalue weighted by Crippen LogP contribution is 2.28. The maximum Gasteiger partial charge on any atom is 0.127 e. The molecule has 1 aliphatic heterocycles. The fraction of sp³-hybridized carbons (Fsp3) is 0.615. The predicted octanol–water partition coefficient (Wildman–Crippen LogP) is 1.71. The van der Waals surface area contributed by atoms with Gasteiger partial charge >= 0.3 is 0 Å². The Bertz CT molecular complexity index is 363. The number of pyridine rings is 1. The highest BCUT2D eigenvalue weighted by atomic mass is 16.5. The summed E-state index contributed by atoms with van der Waals surface area (Å²) in [5.74, 6) is 0.946. The van der Waals surface area contributed by atoms with E-state index in [0.29, 0.717) is 6.10 Å². The van der Waals surface area contributed by atoms with E-state index in [0.717, 1.165) is 24.2 Å². The van der Waals surface area contributed by atoms with Gasteiger partial charge < -0.3 is 15.4 Å². The van der Waals surface area contributed by atoms with Crippen molar-refractivity contribution in [3.8, 4) is 0 Å². The Morgan fingerprint density at radius 1 is 1.41 bits per heavy atom. The molecule has 1 fully saturated rings. The number of hydrogen-bond acceptors (Lipinski definition) is 4. The molecule has 17 heavy (non-hydrogen) atoms. The van der Waals surface area contributed by atoms with Crippen LogP contribution < -0.4 is 10.6 Å². The zero-order chi connectivity index (χ0) is 12.4. The number of aromatic nitrogens is 1. The molecular weight excluding hydrogens is 214 g/mol. The zero-order valence-electron chi connectivity index (χ0n) is 10.8. The third-order valence-electron chi connectivity index (χ3n) is 3.28. The summed E-state index contributed by atoms with van der Waals surface area (Å²) >= 11 is 0. The monoisotopic (exact) mass is 235 g/mol. The minimum atomic E-state index is -0.0661. The van der Waals surface area contributed by atoms with Crippen molar-refractivity contribution in [3.63, 3.8) is 0 Å². The first kappa shape index (κ1) is 12.3. The summed E-state index contributed by atoms with van der Waals surface area (Å²) in [4.78, 5) is 6.36. The number of rotatable bonds is 3. The Hall–Kier alpha value is -1.13. The van der Waals surface area contributed by atoms with Crippen LogP contribution in [0, 0.1) is 0 Å². The van der Waals surface area contributed by atoms with Crippen LogP contribution in [-0.2, 0) is 4.74 Å². The molecule has 4 nitrogen and oxygen atoms in total. The largest absolute Gasteiger partial charge is 0.373 e. The van der Waals surface area contributed by atoms with Crippen LogP contribution in [0.5, 0.6) is 0 Å². The summed E-state index contributed by atoms with van der Waals surface area (Å²) in [7, 11) is 3.95. The Morgan fingerprint density at radius 2 is 2.18 bits per heavy atom. The van der Waals surface area contributed by atoms with Crippen molar-refractivity contribution < 1.29 is 4.74 Å². The molecular formula is C13H21N3O. The van der Waals surface area contributed by atoms with E-state index in [1.54, 1.807) is 0 Å². The predicted molar refractivity (Wildman–Crippen MR) is 69.1 cm³/mol. The van der Waals surface area contributed by atoms with Gasteiger partial charge in [0.1, 0.15) is 5.82 Å². The van der Waals surface area contributed by atoms with Gasteiger partial charge in [0.25, 0.3) is 0 Å². The molecule has 2 heterocycles. The lowest BCUT2D eigenvalue weighted by molar-refractivity contribution is 0.0401. The smallest absolute Gasteiger partial charge is 0.127 e. The Morgan fingerprint density at radius 3 is 2.65 bits per heavy atom. The molecule has 4 heteroatoms. The lowest BCUT2D eigenvalue weighted by Crippen LogP contribution is -2.26. The summed E-state index contributed by atoms with van der Waals surface area (Å²) in [6, 6.07) is 3.97. The second-order valence-corrected chi connectivity index (χ2v) is 4.93. The molecule has 0 radical (unpaired) electrons. The van der Waals surface area contributed by atoms with Gasteiger partial charge in [-0.2, -0.15) is 0 Å². The molecule has 2 N–H and O–H groups in total. The molecule has 0 aliphatic carbocycles. The van der Waals surface area contributed by atoms with E-state index in [1.807, 2.05) is 37.3 Å². The topological polar surface area (TPSA) is 51.4 Å². The molecule has 0 amide bonds. The van der Waals surface area contributed by atoms with Gasteiger partial charge in [-0.05, 0) is 31.4 Å². The van der Waals surface area contributed by atoms with Gasteiger partial charge in [0, 0.05) is 20.3 Å². The molecule has 0 saturated carbocycles. The van der Waals surface area contributed by atoms with Gasteiger partial charge in [-0.15, -0.1) is 0 Å². The number of nitrogens with two attached hydrogens (primary N) is 1. The average Bonchev–Trinajstić information content (AvgIpc) is 2.75. The Balaban J connectivity index is 2.06. The van der Waals surface area contributed by atoms with Crippen molar-refractivity contribution in [2.75, 3.05) is 19.0 Å². The molecule has 0 bridgehead atoms.